The third kappa shape index (κ3) is 5.63. The normalized spacial score (nSPS) is 16.2. The Hall–Kier alpha value is -2.54. The van der Waals surface area contributed by atoms with Crippen LogP contribution >= 0.6 is 11.3 Å². The Bertz CT molecular complexity index is 913. The number of nitrogens with zero attached hydrogens (tertiary/aromatic N) is 2. The molecule has 0 saturated carbocycles. The van der Waals surface area contributed by atoms with Crippen molar-refractivity contribution in [1.82, 2.24) is 9.80 Å². The number of thiophene rings is 1. The van der Waals surface area contributed by atoms with E-state index in [2.05, 4.69) is 25.3 Å². The van der Waals surface area contributed by atoms with Crippen molar-refractivity contribution in [3.8, 4) is 11.5 Å². The highest BCUT2D eigenvalue weighted by molar-refractivity contribution is 7.10. The number of ether oxygens (including phenoxy) is 2. The Balaban J connectivity index is 1.78. The lowest BCUT2D eigenvalue weighted by Gasteiger charge is -2.37. The van der Waals surface area contributed by atoms with E-state index in [0.29, 0.717) is 43.5 Å². The summed E-state index contributed by atoms with van der Waals surface area (Å²) in [5.74, 6) is 1.67. The third-order valence-electron chi connectivity index (χ3n) is 6.09. The molecule has 0 aliphatic carbocycles. The Kier molecular flexibility index (Phi) is 8.56. The summed E-state index contributed by atoms with van der Waals surface area (Å²) in [4.78, 5) is 30.9. The fourth-order valence-electron chi connectivity index (χ4n) is 4.02. The van der Waals surface area contributed by atoms with Crippen LogP contribution in [0.5, 0.6) is 11.5 Å². The minimum Gasteiger partial charge on any atom is -0.493 e. The van der Waals surface area contributed by atoms with Crippen molar-refractivity contribution < 1.29 is 19.1 Å². The predicted molar refractivity (Wildman–Crippen MR) is 127 cm³/mol. The molecule has 0 bridgehead atoms. The molecular weight excluding hydrogens is 424 g/mol. The average molecular weight is 459 g/mol. The van der Waals surface area contributed by atoms with E-state index >= 15 is 0 Å². The standard InChI is InChI=1S/C25H34N2O4S/c1-5-18(3)15-26(24(28)6-2)16-25(29)27-13-11-23-19(12-14-32-23)20(27)17-31-22-10-8-7-9-21(22)30-4/h7-10,12,14,18,20H,5-6,11,13,15-17H2,1-4H3/t18-,20+/m0/s1. The highest BCUT2D eigenvalue weighted by atomic mass is 32.1. The van der Waals surface area contributed by atoms with Crippen molar-refractivity contribution in [2.75, 3.05) is 33.4 Å². The first-order valence-corrected chi connectivity index (χ1v) is 12.3. The maximum Gasteiger partial charge on any atom is 0.242 e. The largest absolute Gasteiger partial charge is 0.493 e. The predicted octanol–water partition coefficient (Wildman–Crippen LogP) is 4.55. The Morgan fingerprint density at radius 3 is 2.66 bits per heavy atom. The summed E-state index contributed by atoms with van der Waals surface area (Å²) in [5, 5.41) is 2.07. The summed E-state index contributed by atoms with van der Waals surface area (Å²) >= 11 is 1.72. The van der Waals surface area contributed by atoms with Crippen LogP contribution in [-0.4, -0.2) is 55.0 Å². The molecule has 174 valence electrons. The summed E-state index contributed by atoms with van der Waals surface area (Å²) in [5.41, 5.74) is 1.14. The molecule has 3 rings (SSSR count). The Labute approximate surface area is 195 Å². The molecule has 7 heteroatoms. The fraction of sp³-hybridized carbons (Fsp3) is 0.520. The molecule has 1 aromatic heterocycles. The molecular formula is C25H34N2O4S. The molecule has 1 aliphatic heterocycles. The van der Waals surface area contributed by atoms with Crippen LogP contribution in [0.2, 0.25) is 0 Å². The first-order chi connectivity index (χ1) is 15.5. The first-order valence-electron chi connectivity index (χ1n) is 11.4. The van der Waals surface area contributed by atoms with Crippen LogP contribution in [0.15, 0.2) is 35.7 Å². The number of hydrogen-bond acceptors (Lipinski definition) is 5. The number of methoxy groups -OCH3 is 1. The van der Waals surface area contributed by atoms with Crippen LogP contribution in [0.25, 0.3) is 0 Å². The van der Waals surface area contributed by atoms with Gasteiger partial charge in [-0.1, -0.05) is 39.3 Å². The molecule has 0 N–H and O–H groups in total. The zero-order valence-corrected chi connectivity index (χ0v) is 20.3. The van der Waals surface area contributed by atoms with Gasteiger partial charge in [-0.25, -0.2) is 0 Å². The molecule has 0 unspecified atom stereocenters. The second-order valence-corrected chi connectivity index (χ2v) is 9.26. The number of hydrogen-bond donors (Lipinski definition) is 0. The van der Waals surface area contributed by atoms with Crippen LogP contribution in [-0.2, 0) is 16.0 Å². The van der Waals surface area contributed by atoms with Crippen molar-refractivity contribution in [3.63, 3.8) is 0 Å². The Morgan fingerprint density at radius 1 is 1.22 bits per heavy atom. The van der Waals surface area contributed by atoms with Gasteiger partial charge in [0.1, 0.15) is 6.61 Å². The van der Waals surface area contributed by atoms with E-state index in [1.807, 2.05) is 36.1 Å². The van der Waals surface area contributed by atoms with Crippen molar-refractivity contribution in [3.05, 3.63) is 46.2 Å². The smallest absolute Gasteiger partial charge is 0.242 e. The molecule has 2 atom stereocenters. The third-order valence-corrected chi connectivity index (χ3v) is 7.09. The minimum atomic E-state index is -0.190. The maximum absolute atomic E-state index is 13.4. The van der Waals surface area contributed by atoms with Gasteiger partial charge in [0.25, 0.3) is 0 Å². The number of carbonyl (C=O) groups is 2. The number of carbonyl (C=O) groups excluding carboxylic acids is 2. The van der Waals surface area contributed by atoms with Gasteiger partial charge < -0.3 is 19.3 Å². The maximum atomic E-state index is 13.4. The summed E-state index contributed by atoms with van der Waals surface area (Å²) in [6, 6.07) is 9.43. The van der Waals surface area contributed by atoms with Gasteiger partial charge in [-0.3, -0.25) is 9.59 Å². The van der Waals surface area contributed by atoms with Crippen LogP contribution in [0.4, 0.5) is 0 Å². The molecule has 0 radical (unpaired) electrons. The monoisotopic (exact) mass is 458 g/mol. The number of para-hydroxylation sites is 2. The molecule has 1 aromatic carbocycles. The lowest BCUT2D eigenvalue weighted by molar-refractivity contribution is -0.143. The van der Waals surface area contributed by atoms with Crippen LogP contribution < -0.4 is 9.47 Å². The molecule has 2 heterocycles. The first kappa shape index (κ1) is 24.1. The molecule has 32 heavy (non-hydrogen) atoms. The SMILES string of the molecule is CCC(=O)N(CC(=O)N1CCc2sccc2[C@H]1COc1ccccc1OC)C[C@@H](C)CC. The minimum absolute atomic E-state index is 0.0219. The second kappa shape index (κ2) is 11.4. The van der Waals surface area contributed by atoms with E-state index in [0.717, 1.165) is 18.4 Å². The molecule has 0 saturated heterocycles. The fourth-order valence-corrected chi connectivity index (χ4v) is 4.95. The van der Waals surface area contributed by atoms with Crippen molar-refractivity contribution in [1.29, 1.82) is 0 Å². The van der Waals surface area contributed by atoms with E-state index in [-0.39, 0.29) is 24.4 Å². The zero-order valence-electron chi connectivity index (χ0n) is 19.5. The van der Waals surface area contributed by atoms with Gasteiger partial charge in [0, 0.05) is 24.4 Å². The summed E-state index contributed by atoms with van der Waals surface area (Å²) in [6.07, 6.45) is 2.20. The van der Waals surface area contributed by atoms with Crippen LogP contribution in [0.3, 0.4) is 0 Å². The summed E-state index contributed by atoms with van der Waals surface area (Å²) in [6.45, 7) is 7.75. The van der Waals surface area contributed by atoms with E-state index < -0.39 is 0 Å². The molecule has 2 amide bonds. The lowest BCUT2D eigenvalue weighted by Crippen LogP contribution is -2.48. The van der Waals surface area contributed by atoms with Gasteiger partial charge >= 0.3 is 0 Å². The van der Waals surface area contributed by atoms with Gasteiger partial charge in [0.05, 0.1) is 19.7 Å². The number of amides is 2. The average Bonchev–Trinajstić information content (AvgIpc) is 3.30. The van der Waals surface area contributed by atoms with E-state index in [4.69, 9.17) is 9.47 Å². The van der Waals surface area contributed by atoms with Crippen molar-refractivity contribution in [2.45, 2.75) is 46.1 Å². The number of fused-ring (bicyclic) bond motifs is 1. The quantitative estimate of drug-likeness (QED) is 0.524. The highest BCUT2D eigenvalue weighted by Gasteiger charge is 2.33. The topological polar surface area (TPSA) is 59.1 Å². The van der Waals surface area contributed by atoms with E-state index in [9.17, 15) is 9.59 Å². The van der Waals surface area contributed by atoms with E-state index in [1.54, 1.807) is 23.3 Å². The molecule has 6 nitrogen and oxygen atoms in total. The number of benzene rings is 1. The summed E-state index contributed by atoms with van der Waals surface area (Å²) in [7, 11) is 1.62. The number of rotatable bonds is 10. The second-order valence-electron chi connectivity index (χ2n) is 8.26. The highest BCUT2D eigenvalue weighted by Crippen LogP contribution is 2.35. The molecule has 1 aliphatic rings. The van der Waals surface area contributed by atoms with Gasteiger partial charge in [0.2, 0.25) is 11.8 Å². The van der Waals surface area contributed by atoms with Gasteiger partial charge in [-0.2, -0.15) is 0 Å². The lowest BCUT2D eigenvalue weighted by atomic mass is 10.00. The van der Waals surface area contributed by atoms with Crippen LogP contribution in [0.1, 0.15) is 50.1 Å². The molecule has 0 spiro atoms. The molecule has 0 fully saturated rings. The van der Waals surface area contributed by atoms with Gasteiger partial charge in [-0.15, -0.1) is 11.3 Å². The Morgan fingerprint density at radius 2 is 1.97 bits per heavy atom. The van der Waals surface area contributed by atoms with Gasteiger partial charge in [-0.05, 0) is 41.5 Å². The van der Waals surface area contributed by atoms with Gasteiger partial charge in [0.15, 0.2) is 11.5 Å². The zero-order chi connectivity index (χ0) is 23.1. The molecule has 2 aromatic rings. The van der Waals surface area contributed by atoms with Crippen molar-refractivity contribution in [2.24, 2.45) is 5.92 Å². The van der Waals surface area contributed by atoms with Crippen LogP contribution in [0, 0.1) is 5.92 Å². The van der Waals surface area contributed by atoms with Crippen molar-refractivity contribution >= 4 is 23.2 Å². The summed E-state index contributed by atoms with van der Waals surface area (Å²) < 4.78 is 11.5. The van der Waals surface area contributed by atoms with E-state index in [1.165, 1.54) is 4.88 Å².